The maximum Gasteiger partial charge on any atom is 0.224 e. The Morgan fingerprint density at radius 2 is 1.89 bits per heavy atom. The summed E-state index contributed by atoms with van der Waals surface area (Å²) in [7, 11) is -3.60. The third-order valence-corrected chi connectivity index (χ3v) is 9.08. The fourth-order valence-corrected chi connectivity index (χ4v) is 7.44. The molecule has 8 heteroatoms. The van der Waals surface area contributed by atoms with Crippen molar-refractivity contribution in [2.24, 2.45) is 17.8 Å². The van der Waals surface area contributed by atoms with Crippen LogP contribution in [0.4, 0.5) is 0 Å². The number of piperidine rings is 1. The lowest BCUT2D eigenvalue weighted by Gasteiger charge is -2.33. The van der Waals surface area contributed by atoms with Gasteiger partial charge in [0.1, 0.15) is 0 Å². The van der Waals surface area contributed by atoms with Crippen molar-refractivity contribution < 1.29 is 13.2 Å². The lowest BCUT2D eigenvalue weighted by molar-refractivity contribution is -0.127. The zero-order valence-electron chi connectivity index (χ0n) is 15.7. The summed E-state index contributed by atoms with van der Waals surface area (Å²) in [4.78, 5) is 12.8. The summed E-state index contributed by atoms with van der Waals surface area (Å²) >= 11 is 12.3. The van der Waals surface area contributed by atoms with E-state index in [1.807, 2.05) is 0 Å². The van der Waals surface area contributed by atoms with Crippen molar-refractivity contribution in [1.82, 2.24) is 9.62 Å². The van der Waals surface area contributed by atoms with Crippen molar-refractivity contribution in [3.05, 3.63) is 33.8 Å². The maximum absolute atomic E-state index is 13.0. The molecule has 28 heavy (non-hydrogen) atoms. The van der Waals surface area contributed by atoms with Gasteiger partial charge in [0.05, 0.1) is 11.7 Å². The van der Waals surface area contributed by atoms with E-state index in [4.69, 9.17) is 23.2 Å². The Morgan fingerprint density at radius 1 is 1.14 bits per heavy atom. The Morgan fingerprint density at radius 3 is 2.54 bits per heavy atom. The number of rotatable bonds is 5. The molecule has 0 radical (unpaired) electrons. The first kappa shape index (κ1) is 20.5. The van der Waals surface area contributed by atoms with Gasteiger partial charge in [-0.1, -0.05) is 35.7 Å². The summed E-state index contributed by atoms with van der Waals surface area (Å²) in [5.74, 6) is 0.850. The van der Waals surface area contributed by atoms with E-state index in [0.717, 1.165) is 18.8 Å². The second-order valence-electron chi connectivity index (χ2n) is 8.44. The van der Waals surface area contributed by atoms with Gasteiger partial charge in [-0.2, -0.15) is 0 Å². The van der Waals surface area contributed by atoms with Gasteiger partial charge in [0.2, 0.25) is 15.9 Å². The number of nitrogens with zero attached hydrogens (tertiary/aromatic N) is 1. The molecule has 2 saturated carbocycles. The molecule has 1 aliphatic heterocycles. The molecule has 4 atom stereocenters. The van der Waals surface area contributed by atoms with Crippen LogP contribution in [0.1, 0.15) is 44.1 Å². The van der Waals surface area contributed by atoms with Gasteiger partial charge in [-0.05, 0) is 56.1 Å². The number of fused-ring (bicyclic) bond motifs is 2. The van der Waals surface area contributed by atoms with Crippen LogP contribution in [0.3, 0.4) is 0 Å². The molecule has 5 nitrogen and oxygen atoms in total. The average Bonchev–Trinajstić information content (AvgIpc) is 3.28. The maximum atomic E-state index is 13.0. The van der Waals surface area contributed by atoms with Gasteiger partial charge in [0.15, 0.2) is 0 Å². The molecular weight excluding hydrogens is 419 g/mol. The van der Waals surface area contributed by atoms with Crippen LogP contribution in [-0.4, -0.2) is 37.8 Å². The SMILES string of the molecule is O=C(N[C@@H]1C[C@H]2CC[C@H]1C2)[C@H]1CCCN(S(=O)(=O)Cc2c(Cl)cccc2Cl)C1. The highest BCUT2D eigenvalue weighted by molar-refractivity contribution is 7.88. The average molecular weight is 445 g/mol. The minimum Gasteiger partial charge on any atom is -0.353 e. The van der Waals surface area contributed by atoms with Gasteiger partial charge in [0, 0.05) is 34.7 Å². The van der Waals surface area contributed by atoms with E-state index < -0.39 is 10.0 Å². The van der Waals surface area contributed by atoms with Crippen LogP contribution in [0.5, 0.6) is 0 Å². The highest BCUT2D eigenvalue weighted by Gasteiger charge is 2.41. The lowest BCUT2D eigenvalue weighted by Crippen LogP contribution is -2.48. The lowest BCUT2D eigenvalue weighted by atomic mass is 9.93. The first-order valence-corrected chi connectivity index (χ1v) is 12.4. The molecule has 2 bridgehead atoms. The van der Waals surface area contributed by atoms with Gasteiger partial charge >= 0.3 is 0 Å². The van der Waals surface area contributed by atoms with Crippen LogP contribution in [0.15, 0.2) is 18.2 Å². The smallest absolute Gasteiger partial charge is 0.224 e. The van der Waals surface area contributed by atoms with Crippen molar-refractivity contribution in [3.63, 3.8) is 0 Å². The van der Waals surface area contributed by atoms with E-state index in [0.29, 0.717) is 34.5 Å². The fourth-order valence-electron chi connectivity index (χ4n) is 5.08. The monoisotopic (exact) mass is 444 g/mol. The second-order valence-corrected chi connectivity index (χ2v) is 11.2. The number of hydrogen-bond donors (Lipinski definition) is 1. The summed E-state index contributed by atoms with van der Waals surface area (Å²) < 4.78 is 27.3. The molecule has 0 spiro atoms. The number of sulfonamides is 1. The number of carbonyl (C=O) groups excluding carboxylic acids is 1. The molecule has 1 aromatic rings. The Kier molecular flexibility index (Phi) is 5.94. The van der Waals surface area contributed by atoms with Crippen LogP contribution in [0.25, 0.3) is 0 Å². The van der Waals surface area contributed by atoms with Crippen molar-refractivity contribution in [2.45, 2.75) is 50.3 Å². The van der Waals surface area contributed by atoms with Crippen molar-refractivity contribution in [2.75, 3.05) is 13.1 Å². The Bertz CT molecular complexity index is 841. The first-order valence-electron chi connectivity index (χ1n) is 10.0. The Labute approximate surface area is 176 Å². The Balaban J connectivity index is 1.40. The largest absolute Gasteiger partial charge is 0.353 e. The number of halogens is 2. The number of nitrogens with one attached hydrogen (secondary N) is 1. The number of benzene rings is 1. The van der Waals surface area contributed by atoms with Gasteiger partial charge in [-0.15, -0.1) is 0 Å². The summed E-state index contributed by atoms with van der Waals surface area (Å²) in [6, 6.07) is 5.25. The van der Waals surface area contributed by atoms with E-state index >= 15 is 0 Å². The summed E-state index contributed by atoms with van der Waals surface area (Å²) in [5.41, 5.74) is 0.416. The van der Waals surface area contributed by atoms with E-state index in [9.17, 15) is 13.2 Å². The molecule has 2 aliphatic carbocycles. The van der Waals surface area contributed by atoms with Gasteiger partial charge in [-0.25, -0.2) is 12.7 Å². The number of hydrogen-bond acceptors (Lipinski definition) is 3. The molecule has 154 valence electrons. The first-order chi connectivity index (χ1) is 13.3. The third-order valence-electron chi connectivity index (χ3n) is 6.60. The topological polar surface area (TPSA) is 66.5 Å². The van der Waals surface area contributed by atoms with Crippen LogP contribution in [0.2, 0.25) is 10.0 Å². The molecule has 3 fully saturated rings. The van der Waals surface area contributed by atoms with Crippen molar-refractivity contribution >= 4 is 39.1 Å². The molecule has 0 aromatic heterocycles. The van der Waals surface area contributed by atoms with E-state index in [1.165, 1.54) is 23.6 Å². The van der Waals surface area contributed by atoms with E-state index in [-0.39, 0.29) is 30.2 Å². The molecule has 1 amide bonds. The van der Waals surface area contributed by atoms with E-state index in [1.54, 1.807) is 18.2 Å². The summed E-state index contributed by atoms with van der Waals surface area (Å²) in [5, 5.41) is 3.91. The predicted octanol–water partition coefficient (Wildman–Crippen LogP) is 3.84. The van der Waals surface area contributed by atoms with Crippen LogP contribution >= 0.6 is 23.2 Å². The molecule has 1 saturated heterocycles. The second kappa shape index (κ2) is 8.13. The van der Waals surface area contributed by atoms with Gasteiger partial charge < -0.3 is 5.32 Å². The molecular formula is C20H26Cl2N2O3S. The molecule has 4 rings (SSSR count). The minimum atomic E-state index is -3.60. The molecule has 3 aliphatic rings. The van der Waals surface area contributed by atoms with Crippen LogP contribution in [-0.2, 0) is 20.6 Å². The van der Waals surface area contributed by atoms with Gasteiger partial charge in [-0.3, -0.25) is 4.79 Å². The standard InChI is InChI=1S/C20H26Cl2N2O3S/c21-17-4-1-5-18(22)16(17)12-28(26,27)24-8-2-3-15(11-24)20(25)23-19-10-13-6-7-14(19)9-13/h1,4-5,13-15,19H,2-3,6-12H2,(H,23,25)/t13-,14-,15-,19+/m0/s1. The minimum absolute atomic E-state index is 0.00762. The highest BCUT2D eigenvalue weighted by Crippen LogP contribution is 2.44. The summed E-state index contributed by atoms with van der Waals surface area (Å²) in [6.07, 6.45) is 6.22. The third kappa shape index (κ3) is 4.20. The Hall–Kier alpha value is -0.820. The van der Waals surface area contributed by atoms with Crippen molar-refractivity contribution in [1.29, 1.82) is 0 Å². The van der Waals surface area contributed by atoms with Crippen molar-refractivity contribution in [3.8, 4) is 0 Å². The highest BCUT2D eigenvalue weighted by atomic mass is 35.5. The zero-order valence-corrected chi connectivity index (χ0v) is 18.1. The zero-order chi connectivity index (χ0) is 19.9. The fraction of sp³-hybridized carbons (Fsp3) is 0.650. The predicted molar refractivity (Wildman–Crippen MR) is 111 cm³/mol. The molecule has 1 heterocycles. The van der Waals surface area contributed by atoms with Crippen LogP contribution in [0, 0.1) is 17.8 Å². The number of amides is 1. The quantitative estimate of drug-likeness (QED) is 0.749. The van der Waals surface area contributed by atoms with E-state index in [2.05, 4.69) is 5.32 Å². The number of carbonyl (C=O) groups is 1. The molecule has 1 N–H and O–H groups in total. The normalized spacial score (nSPS) is 30.5. The van der Waals surface area contributed by atoms with Crippen LogP contribution < -0.4 is 5.32 Å². The summed E-state index contributed by atoms with van der Waals surface area (Å²) in [6.45, 7) is 0.666. The molecule has 0 unspecified atom stereocenters. The van der Waals surface area contributed by atoms with Gasteiger partial charge in [0.25, 0.3) is 0 Å². The molecule has 1 aromatic carbocycles.